The van der Waals surface area contributed by atoms with Crippen LogP contribution in [-0.4, -0.2) is 45.3 Å². The van der Waals surface area contributed by atoms with E-state index in [-0.39, 0.29) is 11.8 Å². The van der Waals surface area contributed by atoms with Crippen molar-refractivity contribution in [2.45, 2.75) is 83.3 Å². The number of para-hydroxylation sites is 1. The van der Waals surface area contributed by atoms with Gasteiger partial charge in [-0.05, 0) is 48.9 Å². The Labute approximate surface area is 231 Å². The molecule has 7 nitrogen and oxygen atoms in total. The number of ether oxygens (including phenoxy) is 3. The van der Waals surface area contributed by atoms with Crippen LogP contribution in [0.25, 0.3) is 0 Å². The summed E-state index contributed by atoms with van der Waals surface area (Å²) in [6.07, 6.45) is 8.27. The minimum Gasteiger partial charge on any atom is -0.478 e. The zero-order chi connectivity index (χ0) is 27.4. The second-order valence-corrected chi connectivity index (χ2v) is 12.0. The number of nitrogens with zero attached hydrogens (tertiary/aromatic N) is 1. The number of hydrogen-bond donors (Lipinski definition) is 2. The molecule has 1 aliphatic heterocycles. The summed E-state index contributed by atoms with van der Waals surface area (Å²) in [6.45, 7) is 4.11. The van der Waals surface area contributed by atoms with Crippen molar-refractivity contribution in [2.75, 3.05) is 12.8 Å². The van der Waals surface area contributed by atoms with Gasteiger partial charge in [0.05, 0.1) is 6.16 Å². The first-order valence-electron chi connectivity index (χ1n) is 13.4. The highest BCUT2D eigenvalue weighted by atomic mass is 32.1. The number of hydrogen-bond acceptors (Lipinski definition) is 6. The summed E-state index contributed by atoms with van der Waals surface area (Å²) < 4.78 is 29.2. The van der Waals surface area contributed by atoms with Crippen molar-refractivity contribution in [1.82, 2.24) is 0 Å². The Balaban J connectivity index is 1.65. The van der Waals surface area contributed by atoms with Crippen LogP contribution in [0, 0.1) is 0 Å². The molecular weight excluding hydrogens is 521 g/mol. The third-order valence-electron chi connectivity index (χ3n) is 6.79. The largest absolute Gasteiger partial charge is 0.478 e. The van der Waals surface area contributed by atoms with Gasteiger partial charge in [-0.15, -0.1) is 0 Å². The van der Waals surface area contributed by atoms with Gasteiger partial charge in [0.15, 0.2) is 5.90 Å². The minimum absolute atomic E-state index is 0.146. The Kier molecular flexibility index (Phi) is 11.8. The average molecular weight is 562 g/mol. The first kappa shape index (κ1) is 30.3. The summed E-state index contributed by atoms with van der Waals surface area (Å²) in [5, 5.41) is -0.215. The summed E-state index contributed by atoms with van der Waals surface area (Å²) >= 11 is 5.29. The number of rotatable bonds is 15. The molecule has 0 saturated heterocycles. The summed E-state index contributed by atoms with van der Waals surface area (Å²) in [5.41, 5.74) is 1.43. The van der Waals surface area contributed by atoms with Crippen molar-refractivity contribution in [2.24, 2.45) is 4.99 Å². The lowest BCUT2D eigenvalue weighted by Crippen LogP contribution is -2.47. The van der Waals surface area contributed by atoms with Gasteiger partial charge in [-0.3, -0.25) is 4.57 Å². The van der Waals surface area contributed by atoms with Crippen LogP contribution in [0.3, 0.4) is 0 Å². The van der Waals surface area contributed by atoms with E-state index in [2.05, 4.69) is 36.2 Å². The van der Waals surface area contributed by atoms with Gasteiger partial charge in [-0.1, -0.05) is 81.5 Å². The van der Waals surface area contributed by atoms with E-state index in [0.717, 1.165) is 12.0 Å². The standard InChI is InChI=1S/C29H40NO6PS/c1-3-4-5-6-7-9-12-24-15-17-25(18-16-24)19-20-29(22-34-23(2)30-29)27(21-37(31,32)33)36-28(38)35-26-13-10-8-11-14-26/h8,10-11,13-18,27H,3-7,9,12,19-22H2,1-2H3,(H2,31,32,33). The van der Waals surface area contributed by atoms with Gasteiger partial charge < -0.3 is 24.0 Å². The van der Waals surface area contributed by atoms with Gasteiger partial charge in [-0.25, -0.2) is 4.99 Å². The summed E-state index contributed by atoms with van der Waals surface area (Å²) in [6, 6.07) is 17.5. The van der Waals surface area contributed by atoms with Crippen LogP contribution < -0.4 is 4.74 Å². The van der Waals surface area contributed by atoms with Gasteiger partial charge >= 0.3 is 12.8 Å². The quantitative estimate of drug-likeness (QED) is 0.143. The van der Waals surface area contributed by atoms with E-state index in [0.29, 0.717) is 24.5 Å². The fraction of sp³-hybridized carbons (Fsp3) is 0.517. The number of aryl methyl sites for hydroxylation is 2. The maximum atomic E-state index is 12.1. The summed E-state index contributed by atoms with van der Waals surface area (Å²) in [4.78, 5) is 24.4. The molecule has 0 aliphatic carbocycles. The number of thiocarbonyl (C=S) groups is 1. The average Bonchev–Trinajstić information content (AvgIpc) is 3.27. The fourth-order valence-corrected chi connectivity index (χ4v) is 5.72. The summed E-state index contributed by atoms with van der Waals surface area (Å²) in [7, 11) is -4.46. The van der Waals surface area contributed by atoms with E-state index in [1.807, 2.05) is 6.07 Å². The molecule has 2 aromatic carbocycles. The van der Waals surface area contributed by atoms with Crippen molar-refractivity contribution in [3.05, 3.63) is 65.7 Å². The van der Waals surface area contributed by atoms with Gasteiger partial charge in [0.2, 0.25) is 0 Å². The molecule has 3 rings (SSSR count). The van der Waals surface area contributed by atoms with E-state index in [4.69, 9.17) is 26.4 Å². The van der Waals surface area contributed by atoms with Crippen LogP contribution in [0.5, 0.6) is 5.75 Å². The van der Waals surface area contributed by atoms with Crippen molar-refractivity contribution in [3.8, 4) is 5.75 Å². The highest BCUT2D eigenvalue weighted by Crippen LogP contribution is 2.42. The third-order valence-corrected chi connectivity index (χ3v) is 7.77. The molecule has 0 saturated carbocycles. The van der Waals surface area contributed by atoms with Crippen molar-refractivity contribution in [3.63, 3.8) is 0 Å². The predicted octanol–water partition coefficient (Wildman–Crippen LogP) is 6.64. The number of unbranched alkanes of at least 4 members (excludes halogenated alkanes) is 5. The van der Waals surface area contributed by atoms with E-state index in [1.165, 1.54) is 44.1 Å². The third kappa shape index (κ3) is 10.1. The SMILES string of the molecule is CCCCCCCCc1ccc(CCC2(C(CP(=O)(O)O)OC(=S)Oc3ccccc3)COC(C)=N2)cc1. The normalized spacial score (nSPS) is 17.9. The lowest BCUT2D eigenvalue weighted by molar-refractivity contribution is 0.0692. The molecule has 2 N–H and O–H groups in total. The van der Waals surface area contributed by atoms with Gasteiger partial charge in [-0.2, -0.15) is 0 Å². The maximum absolute atomic E-state index is 12.1. The van der Waals surface area contributed by atoms with Crippen molar-refractivity contribution in [1.29, 1.82) is 0 Å². The molecule has 2 unspecified atom stereocenters. The molecule has 0 radical (unpaired) electrons. The molecule has 38 heavy (non-hydrogen) atoms. The van der Waals surface area contributed by atoms with Crippen LogP contribution >= 0.6 is 19.8 Å². The van der Waals surface area contributed by atoms with Crippen LogP contribution in [0.4, 0.5) is 0 Å². The highest BCUT2D eigenvalue weighted by molar-refractivity contribution is 7.79. The topological polar surface area (TPSA) is 97.6 Å². The molecule has 2 atom stereocenters. The molecule has 0 amide bonds. The molecule has 0 aromatic heterocycles. The molecule has 0 spiro atoms. The lowest BCUT2D eigenvalue weighted by atomic mass is 9.87. The summed E-state index contributed by atoms with van der Waals surface area (Å²) in [5.74, 6) is 0.929. The monoisotopic (exact) mass is 561 g/mol. The first-order chi connectivity index (χ1) is 18.2. The van der Waals surface area contributed by atoms with E-state index >= 15 is 0 Å². The highest BCUT2D eigenvalue weighted by Gasteiger charge is 2.48. The Morgan fingerprint density at radius 3 is 2.26 bits per heavy atom. The van der Waals surface area contributed by atoms with Crippen LogP contribution in [-0.2, 0) is 26.9 Å². The second-order valence-electron chi connectivity index (χ2n) is 9.98. The van der Waals surface area contributed by atoms with Crippen LogP contribution in [0.15, 0.2) is 59.6 Å². The lowest BCUT2D eigenvalue weighted by Gasteiger charge is -2.33. The molecule has 0 fully saturated rings. The zero-order valence-electron chi connectivity index (χ0n) is 22.4. The van der Waals surface area contributed by atoms with Gasteiger partial charge in [0.25, 0.3) is 0 Å². The zero-order valence-corrected chi connectivity index (χ0v) is 24.1. The van der Waals surface area contributed by atoms with Crippen LogP contribution in [0.1, 0.15) is 69.9 Å². The fourth-order valence-electron chi connectivity index (χ4n) is 4.66. The van der Waals surface area contributed by atoms with Crippen molar-refractivity contribution >= 4 is 30.9 Å². The Morgan fingerprint density at radius 1 is 1.03 bits per heavy atom. The molecule has 9 heteroatoms. The van der Waals surface area contributed by atoms with Crippen LogP contribution in [0.2, 0.25) is 0 Å². The van der Waals surface area contributed by atoms with Gasteiger partial charge in [0, 0.05) is 19.1 Å². The number of aliphatic imine (C=N–C) groups is 1. The van der Waals surface area contributed by atoms with Crippen molar-refractivity contribution < 1.29 is 28.6 Å². The van der Waals surface area contributed by atoms with E-state index in [9.17, 15) is 14.4 Å². The minimum atomic E-state index is -4.46. The molecule has 2 aromatic rings. The molecule has 0 bridgehead atoms. The molecular formula is C29H40NO6PS. The van der Waals surface area contributed by atoms with E-state index < -0.39 is 25.4 Å². The Morgan fingerprint density at radius 2 is 1.66 bits per heavy atom. The molecule has 208 valence electrons. The maximum Gasteiger partial charge on any atom is 0.358 e. The molecule has 1 aliphatic rings. The smallest absolute Gasteiger partial charge is 0.358 e. The Bertz CT molecular complexity index is 1090. The van der Waals surface area contributed by atoms with E-state index in [1.54, 1.807) is 31.2 Å². The Hall–Kier alpha value is -2.25. The van der Waals surface area contributed by atoms with Gasteiger partial charge in [0.1, 0.15) is 24.0 Å². The second kappa shape index (κ2) is 14.8. The predicted molar refractivity (Wildman–Crippen MR) is 155 cm³/mol. The number of benzene rings is 2. The first-order valence-corrected chi connectivity index (χ1v) is 15.6. The molecule has 1 heterocycles.